The minimum Gasteiger partial charge on any atom is -0.489 e. The van der Waals surface area contributed by atoms with E-state index in [1.807, 2.05) is 18.2 Å². The number of rotatable bonds is 6. The Labute approximate surface area is 155 Å². The predicted octanol–water partition coefficient (Wildman–Crippen LogP) is 3.65. The van der Waals surface area contributed by atoms with Crippen LogP contribution in [0.1, 0.15) is 16.1 Å². The minimum absolute atomic E-state index is 0.0462. The van der Waals surface area contributed by atoms with Crippen LogP contribution >= 0.6 is 0 Å². The molecule has 0 aliphatic carbocycles. The molecule has 2 aromatic carbocycles. The van der Waals surface area contributed by atoms with Crippen molar-refractivity contribution in [1.29, 1.82) is 0 Å². The van der Waals surface area contributed by atoms with Crippen molar-refractivity contribution in [3.63, 3.8) is 0 Å². The number of para-hydroxylation sites is 1. The van der Waals surface area contributed by atoms with Gasteiger partial charge in [-0.05, 0) is 36.4 Å². The third-order valence-corrected chi connectivity index (χ3v) is 4.81. The Balaban J connectivity index is 1.77. The molecule has 140 valence electrons. The summed E-state index contributed by atoms with van der Waals surface area (Å²) in [5.74, 6) is -0.896. The second-order valence-corrected chi connectivity index (χ2v) is 7.76. The Morgan fingerprint density at radius 3 is 2.59 bits per heavy atom. The van der Waals surface area contributed by atoms with Gasteiger partial charge in [0, 0.05) is 11.8 Å². The van der Waals surface area contributed by atoms with E-state index >= 15 is 0 Å². The first-order chi connectivity index (χ1) is 12.8. The van der Waals surface area contributed by atoms with Crippen LogP contribution in [-0.4, -0.2) is 20.6 Å². The maximum atomic E-state index is 14.0. The van der Waals surface area contributed by atoms with E-state index in [4.69, 9.17) is 9.15 Å². The number of halogens is 1. The summed E-state index contributed by atoms with van der Waals surface area (Å²) in [5.41, 5.74) is 0.213. The van der Waals surface area contributed by atoms with Gasteiger partial charge in [0.25, 0.3) is 5.91 Å². The first-order valence-electron chi connectivity index (χ1n) is 7.90. The molecule has 8 heteroatoms. The van der Waals surface area contributed by atoms with Crippen molar-refractivity contribution in [2.75, 3.05) is 11.6 Å². The molecule has 0 aliphatic heterocycles. The van der Waals surface area contributed by atoms with E-state index in [1.165, 1.54) is 6.26 Å². The lowest BCUT2D eigenvalue weighted by Gasteiger charge is -2.09. The molecule has 0 aliphatic rings. The van der Waals surface area contributed by atoms with Crippen LogP contribution in [0.25, 0.3) is 0 Å². The molecule has 3 aromatic rings. The van der Waals surface area contributed by atoms with E-state index in [1.54, 1.807) is 18.2 Å². The lowest BCUT2D eigenvalue weighted by Crippen LogP contribution is -2.15. The molecule has 1 aromatic heterocycles. The molecule has 0 bridgehead atoms. The number of ether oxygens (including phenoxy) is 1. The van der Waals surface area contributed by atoms with Crippen LogP contribution in [0.3, 0.4) is 0 Å². The van der Waals surface area contributed by atoms with Gasteiger partial charge in [0.05, 0.1) is 16.8 Å². The first kappa shape index (κ1) is 18.7. The summed E-state index contributed by atoms with van der Waals surface area (Å²) in [6.07, 6.45) is 2.32. The molecule has 1 N–H and O–H groups in total. The lowest BCUT2D eigenvalue weighted by molar-refractivity contribution is 0.0992. The van der Waals surface area contributed by atoms with Crippen molar-refractivity contribution < 1.29 is 26.8 Å². The van der Waals surface area contributed by atoms with Crippen LogP contribution in [0.4, 0.5) is 10.1 Å². The summed E-state index contributed by atoms with van der Waals surface area (Å²) in [6.45, 7) is 0.0785. The molecule has 27 heavy (non-hydrogen) atoms. The van der Waals surface area contributed by atoms with E-state index in [0.717, 1.165) is 24.5 Å². The van der Waals surface area contributed by atoms with Crippen LogP contribution in [0.2, 0.25) is 0 Å². The van der Waals surface area contributed by atoms with Crippen molar-refractivity contribution >= 4 is 21.4 Å². The number of carbonyl (C=O) groups excluding carboxylic acids is 1. The van der Waals surface area contributed by atoms with Crippen LogP contribution < -0.4 is 10.1 Å². The number of furan rings is 1. The van der Waals surface area contributed by atoms with Crippen LogP contribution in [-0.2, 0) is 16.4 Å². The van der Waals surface area contributed by atoms with Gasteiger partial charge in [-0.15, -0.1) is 0 Å². The maximum Gasteiger partial charge on any atom is 0.291 e. The van der Waals surface area contributed by atoms with E-state index in [-0.39, 0.29) is 22.9 Å². The molecule has 0 saturated heterocycles. The number of amides is 1. The van der Waals surface area contributed by atoms with Gasteiger partial charge in [-0.2, -0.15) is 0 Å². The molecule has 3 rings (SSSR count). The monoisotopic (exact) mass is 389 g/mol. The summed E-state index contributed by atoms with van der Waals surface area (Å²) in [6, 6.07) is 13.8. The molecule has 0 atom stereocenters. The van der Waals surface area contributed by atoms with E-state index < -0.39 is 21.6 Å². The Kier molecular flexibility index (Phi) is 5.27. The van der Waals surface area contributed by atoms with Gasteiger partial charge in [0.2, 0.25) is 0 Å². The second kappa shape index (κ2) is 7.63. The molecule has 0 saturated carbocycles. The van der Waals surface area contributed by atoms with E-state index in [2.05, 4.69) is 5.32 Å². The SMILES string of the molecule is CS(=O)(=O)c1ccc(F)c(NC(=O)c2occc2COc2ccccc2)c1. The van der Waals surface area contributed by atoms with Crippen molar-refractivity contribution in [3.8, 4) is 5.75 Å². The van der Waals surface area contributed by atoms with Crippen molar-refractivity contribution in [2.45, 2.75) is 11.5 Å². The smallest absolute Gasteiger partial charge is 0.291 e. The normalized spacial score (nSPS) is 11.2. The topological polar surface area (TPSA) is 85.6 Å². The average Bonchev–Trinajstić information content (AvgIpc) is 3.10. The Morgan fingerprint density at radius 1 is 1.15 bits per heavy atom. The van der Waals surface area contributed by atoms with Gasteiger partial charge in [0.1, 0.15) is 18.2 Å². The number of benzene rings is 2. The lowest BCUT2D eigenvalue weighted by atomic mass is 10.2. The highest BCUT2D eigenvalue weighted by Gasteiger charge is 2.19. The number of anilines is 1. The highest BCUT2D eigenvalue weighted by molar-refractivity contribution is 7.90. The highest BCUT2D eigenvalue weighted by atomic mass is 32.2. The third-order valence-electron chi connectivity index (χ3n) is 3.70. The van der Waals surface area contributed by atoms with Crippen molar-refractivity contribution in [1.82, 2.24) is 0 Å². The van der Waals surface area contributed by atoms with Gasteiger partial charge < -0.3 is 14.5 Å². The minimum atomic E-state index is -3.54. The van der Waals surface area contributed by atoms with Crippen LogP contribution in [0, 0.1) is 5.82 Å². The zero-order chi connectivity index (χ0) is 19.4. The molecule has 1 heterocycles. The van der Waals surface area contributed by atoms with Crippen LogP contribution in [0.15, 0.2) is 70.2 Å². The number of sulfone groups is 1. The van der Waals surface area contributed by atoms with Crippen LogP contribution in [0.5, 0.6) is 5.75 Å². The summed E-state index contributed by atoms with van der Waals surface area (Å²) < 4.78 is 48.0. The maximum absolute atomic E-state index is 14.0. The Morgan fingerprint density at radius 2 is 1.89 bits per heavy atom. The molecule has 0 radical (unpaired) electrons. The number of hydrogen-bond donors (Lipinski definition) is 1. The van der Waals surface area contributed by atoms with Gasteiger partial charge in [0.15, 0.2) is 15.6 Å². The fraction of sp³-hybridized carbons (Fsp3) is 0.105. The molecule has 0 fully saturated rings. The number of carbonyl (C=O) groups is 1. The molecule has 0 unspecified atom stereocenters. The quantitative estimate of drug-likeness (QED) is 0.651. The summed E-state index contributed by atoms with van der Waals surface area (Å²) in [4.78, 5) is 12.3. The third kappa shape index (κ3) is 4.53. The van der Waals surface area contributed by atoms with E-state index in [0.29, 0.717) is 11.3 Å². The largest absolute Gasteiger partial charge is 0.489 e. The molecule has 1 amide bonds. The zero-order valence-corrected chi connectivity index (χ0v) is 15.1. The number of hydrogen-bond acceptors (Lipinski definition) is 5. The molecule has 0 spiro atoms. The molecular formula is C19H16FNO5S. The van der Waals surface area contributed by atoms with Gasteiger partial charge in [-0.3, -0.25) is 4.79 Å². The second-order valence-electron chi connectivity index (χ2n) is 5.74. The summed E-state index contributed by atoms with van der Waals surface area (Å²) >= 11 is 0. The first-order valence-corrected chi connectivity index (χ1v) is 9.79. The fourth-order valence-corrected chi connectivity index (χ4v) is 2.98. The zero-order valence-electron chi connectivity index (χ0n) is 14.3. The van der Waals surface area contributed by atoms with Crippen molar-refractivity contribution in [3.05, 3.63) is 78.0 Å². The summed E-state index contributed by atoms with van der Waals surface area (Å²) in [7, 11) is -3.54. The predicted molar refractivity (Wildman–Crippen MR) is 96.9 cm³/mol. The number of nitrogens with one attached hydrogen (secondary N) is 1. The van der Waals surface area contributed by atoms with Gasteiger partial charge >= 0.3 is 0 Å². The summed E-state index contributed by atoms with van der Waals surface area (Å²) in [5, 5.41) is 2.34. The standard InChI is InChI=1S/C19H16FNO5S/c1-27(23,24)15-7-8-16(20)17(11-15)21-19(22)18-13(9-10-25-18)12-26-14-5-3-2-4-6-14/h2-11H,12H2,1H3,(H,21,22). The fourth-order valence-electron chi connectivity index (χ4n) is 2.34. The Hall–Kier alpha value is -3.13. The van der Waals surface area contributed by atoms with Gasteiger partial charge in [-0.25, -0.2) is 12.8 Å². The van der Waals surface area contributed by atoms with E-state index in [9.17, 15) is 17.6 Å². The highest BCUT2D eigenvalue weighted by Crippen LogP contribution is 2.22. The average molecular weight is 389 g/mol. The van der Waals surface area contributed by atoms with Gasteiger partial charge in [-0.1, -0.05) is 18.2 Å². The van der Waals surface area contributed by atoms with Crippen molar-refractivity contribution in [2.24, 2.45) is 0 Å². The molecule has 6 nitrogen and oxygen atoms in total. The molecular weight excluding hydrogens is 373 g/mol. The Bertz CT molecular complexity index is 1060.